The second kappa shape index (κ2) is 8.85. The van der Waals surface area contributed by atoms with Gasteiger partial charge in [0.1, 0.15) is 11.4 Å². The first-order valence-corrected chi connectivity index (χ1v) is 8.41. The van der Waals surface area contributed by atoms with Crippen molar-refractivity contribution in [2.45, 2.75) is 32.9 Å². The lowest BCUT2D eigenvalue weighted by Gasteiger charge is -2.19. The number of nitro benzene ring substituents is 1. The molecule has 0 fully saturated rings. The summed E-state index contributed by atoms with van der Waals surface area (Å²) in [6.07, 6.45) is -1.24. The third-order valence-corrected chi connectivity index (χ3v) is 3.29. The van der Waals surface area contributed by atoms with Gasteiger partial charge in [0.25, 0.3) is 5.69 Å². The number of rotatable bonds is 5. The van der Waals surface area contributed by atoms with Gasteiger partial charge in [-0.3, -0.25) is 15.4 Å². The number of non-ortho nitro benzene ring substituents is 1. The smallest absolute Gasteiger partial charge is 0.412 e. The largest absolute Gasteiger partial charge is 0.444 e. The molecule has 2 N–H and O–H groups in total. The van der Waals surface area contributed by atoms with E-state index in [1.807, 2.05) is 0 Å². The number of amides is 2. The molecule has 0 aromatic heterocycles. The summed E-state index contributed by atoms with van der Waals surface area (Å²) >= 11 is 0. The van der Waals surface area contributed by atoms with Crippen molar-refractivity contribution in [3.63, 3.8) is 0 Å². The van der Waals surface area contributed by atoms with Crippen LogP contribution in [0.2, 0.25) is 0 Å². The van der Waals surface area contributed by atoms with Crippen LogP contribution in [0.15, 0.2) is 48.5 Å². The molecule has 0 atom stereocenters. The number of carbonyl (C=O) groups excluding carboxylic acids is 2. The van der Waals surface area contributed by atoms with Crippen LogP contribution in [0.5, 0.6) is 5.75 Å². The maximum Gasteiger partial charge on any atom is 0.412 e. The number of hydrogen-bond donors (Lipinski definition) is 2. The van der Waals surface area contributed by atoms with E-state index in [2.05, 4.69) is 10.6 Å². The van der Waals surface area contributed by atoms with E-state index in [1.54, 1.807) is 45.0 Å². The van der Waals surface area contributed by atoms with Crippen LogP contribution in [0, 0.1) is 10.1 Å². The van der Waals surface area contributed by atoms with Crippen LogP contribution in [0.1, 0.15) is 26.3 Å². The highest BCUT2D eigenvalue weighted by molar-refractivity contribution is 5.84. The number of benzene rings is 2. The minimum Gasteiger partial charge on any atom is -0.444 e. The van der Waals surface area contributed by atoms with E-state index in [4.69, 9.17) is 9.47 Å². The molecule has 0 aliphatic rings. The van der Waals surface area contributed by atoms with E-state index >= 15 is 0 Å². The maximum absolute atomic E-state index is 11.8. The van der Waals surface area contributed by atoms with Crippen LogP contribution in [0.3, 0.4) is 0 Å². The van der Waals surface area contributed by atoms with E-state index < -0.39 is 22.7 Å². The molecule has 2 aromatic rings. The summed E-state index contributed by atoms with van der Waals surface area (Å²) in [5.41, 5.74) is 0.674. The van der Waals surface area contributed by atoms with Gasteiger partial charge in [-0.15, -0.1) is 0 Å². The normalized spacial score (nSPS) is 10.7. The number of nitrogens with zero attached hydrogens (tertiary/aromatic N) is 1. The maximum atomic E-state index is 11.8. The molecule has 0 saturated heterocycles. The summed E-state index contributed by atoms with van der Waals surface area (Å²) in [5, 5.41) is 15.8. The Labute approximate surface area is 161 Å². The van der Waals surface area contributed by atoms with Crippen molar-refractivity contribution >= 4 is 23.6 Å². The molecule has 0 aliphatic heterocycles. The van der Waals surface area contributed by atoms with Gasteiger partial charge in [-0.25, -0.2) is 9.59 Å². The second-order valence-electron chi connectivity index (χ2n) is 6.82. The Morgan fingerprint density at radius 2 is 1.61 bits per heavy atom. The molecule has 0 spiro atoms. The molecule has 0 bridgehead atoms. The summed E-state index contributed by atoms with van der Waals surface area (Å²) in [4.78, 5) is 33.6. The molecule has 2 rings (SSSR count). The highest BCUT2D eigenvalue weighted by atomic mass is 16.6. The molecule has 9 nitrogen and oxygen atoms in total. The molecule has 0 radical (unpaired) electrons. The molecule has 0 saturated carbocycles. The molecular formula is C19H21N3O6. The minimum atomic E-state index is -0.690. The number of nitrogens with one attached hydrogen (secondary N) is 2. The number of carbonyl (C=O) groups is 2. The topological polar surface area (TPSA) is 120 Å². The Balaban J connectivity index is 1.81. The lowest BCUT2D eigenvalue weighted by molar-refractivity contribution is -0.384. The van der Waals surface area contributed by atoms with Crippen molar-refractivity contribution in [3.8, 4) is 5.75 Å². The fourth-order valence-electron chi connectivity index (χ4n) is 2.08. The Morgan fingerprint density at radius 1 is 1.00 bits per heavy atom. The van der Waals surface area contributed by atoms with E-state index in [1.165, 1.54) is 24.3 Å². The van der Waals surface area contributed by atoms with Crippen LogP contribution in [-0.4, -0.2) is 22.7 Å². The molecule has 0 unspecified atom stereocenters. The van der Waals surface area contributed by atoms with Crippen LogP contribution < -0.4 is 15.4 Å². The third-order valence-electron chi connectivity index (χ3n) is 3.29. The van der Waals surface area contributed by atoms with Crippen molar-refractivity contribution in [2.75, 3.05) is 5.32 Å². The predicted molar refractivity (Wildman–Crippen MR) is 102 cm³/mol. The summed E-state index contributed by atoms with van der Waals surface area (Å²) in [7, 11) is 0. The van der Waals surface area contributed by atoms with Crippen LogP contribution in [0.4, 0.5) is 21.0 Å². The third kappa shape index (κ3) is 6.94. The van der Waals surface area contributed by atoms with Gasteiger partial charge >= 0.3 is 12.2 Å². The Hall–Kier alpha value is -3.62. The van der Waals surface area contributed by atoms with Gasteiger partial charge in [-0.2, -0.15) is 0 Å². The van der Waals surface area contributed by atoms with Gasteiger partial charge in [0.05, 0.1) is 4.92 Å². The van der Waals surface area contributed by atoms with Crippen LogP contribution in [0.25, 0.3) is 0 Å². The standard InChI is InChI=1S/C19H21N3O6/c1-19(2,3)28-18(24)21-14-6-4-13(5-7-14)12-20-17(23)27-16-10-8-15(9-11-16)22(25)26/h4-11H,12H2,1-3H3,(H,20,23)(H,21,24). The Bertz CT molecular complexity index is 841. The van der Waals surface area contributed by atoms with E-state index in [-0.39, 0.29) is 18.0 Å². The average molecular weight is 387 g/mol. The van der Waals surface area contributed by atoms with Gasteiger partial charge < -0.3 is 14.8 Å². The molecule has 28 heavy (non-hydrogen) atoms. The first-order valence-electron chi connectivity index (χ1n) is 8.41. The van der Waals surface area contributed by atoms with Crippen LogP contribution in [-0.2, 0) is 11.3 Å². The van der Waals surface area contributed by atoms with Gasteiger partial charge in [0, 0.05) is 24.4 Å². The fraction of sp³-hybridized carbons (Fsp3) is 0.263. The van der Waals surface area contributed by atoms with Crippen molar-refractivity contribution in [1.82, 2.24) is 5.32 Å². The van der Waals surface area contributed by atoms with Gasteiger partial charge in [0.15, 0.2) is 0 Å². The predicted octanol–water partition coefficient (Wildman–Crippen LogP) is 4.23. The molecule has 148 valence electrons. The molecular weight excluding hydrogens is 366 g/mol. The molecule has 2 amide bonds. The molecule has 0 aliphatic carbocycles. The zero-order valence-electron chi connectivity index (χ0n) is 15.7. The number of hydrogen-bond acceptors (Lipinski definition) is 6. The van der Waals surface area contributed by atoms with E-state index in [0.717, 1.165) is 5.56 Å². The van der Waals surface area contributed by atoms with Crippen molar-refractivity contribution in [3.05, 3.63) is 64.2 Å². The fourth-order valence-corrected chi connectivity index (χ4v) is 2.08. The lowest BCUT2D eigenvalue weighted by Crippen LogP contribution is -2.27. The zero-order chi connectivity index (χ0) is 20.7. The lowest BCUT2D eigenvalue weighted by atomic mass is 10.2. The van der Waals surface area contributed by atoms with Crippen LogP contribution >= 0.6 is 0 Å². The van der Waals surface area contributed by atoms with Crippen molar-refractivity contribution < 1.29 is 24.0 Å². The van der Waals surface area contributed by atoms with E-state index in [0.29, 0.717) is 5.69 Å². The quantitative estimate of drug-likeness (QED) is 0.585. The molecule has 2 aromatic carbocycles. The Morgan fingerprint density at radius 3 is 2.14 bits per heavy atom. The van der Waals surface area contributed by atoms with Crippen molar-refractivity contribution in [1.29, 1.82) is 0 Å². The zero-order valence-corrected chi connectivity index (χ0v) is 15.7. The highest BCUT2D eigenvalue weighted by Crippen LogP contribution is 2.17. The van der Waals surface area contributed by atoms with Gasteiger partial charge in [0.2, 0.25) is 0 Å². The average Bonchev–Trinajstić information content (AvgIpc) is 2.60. The van der Waals surface area contributed by atoms with Gasteiger partial charge in [-0.05, 0) is 50.6 Å². The Kier molecular flexibility index (Phi) is 6.54. The monoisotopic (exact) mass is 387 g/mol. The number of nitro groups is 1. The highest BCUT2D eigenvalue weighted by Gasteiger charge is 2.16. The SMILES string of the molecule is CC(C)(C)OC(=O)Nc1ccc(CNC(=O)Oc2ccc([N+](=O)[O-])cc2)cc1. The summed E-state index contributed by atoms with van der Waals surface area (Å²) in [6.45, 7) is 5.53. The van der Waals surface area contributed by atoms with Crippen molar-refractivity contribution in [2.24, 2.45) is 0 Å². The first-order chi connectivity index (χ1) is 13.1. The summed E-state index contributed by atoms with van der Waals surface area (Å²) in [5.74, 6) is 0.194. The summed E-state index contributed by atoms with van der Waals surface area (Å²) < 4.78 is 10.2. The van der Waals surface area contributed by atoms with E-state index in [9.17, 15) is 19.7 Å². The second-order valence-corrected chi connectivity index (χ2v) is 6.82. The van der Waals surface area contributed by atoms with Gasteiger partial charge in [-0.1, -0.05) is 12.1 Å². The minimum absolute atomic E-state index is 0.0900. The number of anilines is 1. The molecule has 0 heterocycles. The number of ether oxygens (including phenoxy) is 2. The first kappa shape index (κ1) is 20.7. The molecule has 9 heteroatoms. The summed E-state index contributed by atoms with van der Waals surface area (Å²) in [6, 6.07) is 12.0.